The number of rotatable bonds is 2. The van der Waals surface area contributed by atoms with E-state index in [1.165, 1.54) is 0 Å². The number of amides is 1. The van der Waals surface area contributed by atoms with Crippen LogP contribution in [-0.2, 0) is 4.79 Å². The number of benzene rings is 2. The summed E-state index contributed by atoms with van der Waals surface area (Å²) in [4.78, 5) is 11.9. The number of carbonyl (C=O) groups is 1. The number of carbonyl (C=O) groups excluding carboxylic acids is 1. The molecule has 3 rings (SSSR count). The molecule has 21 heavy (non-hydrogen) atoms. The minimum Gasteiger partial charge on any atom is -0.273 e. The van der Waals surface area contributed by atoms with Gasteiger partial charge >= 0.3 is 0 Å². The highest BCUT2D eigenvalue weighted by Crippen LogP contribution is 2.32. The maximum absolute atomic E-state index is 11.9. The van der Waals surface area contributed by atoms with Crippen molar-refractivity contribution in [3.8, 4) is 0 Å². The van der Waals surface area contributed by atoms with Crippen molar-refractivity contribution in [2.24, 2.45) is 5.10 Å². The molecule has 2 aromatic rings. The molecule has 106 valence electrons. The first-order chi connectivity index (χ1) is 10.1. The topological polar surface area (TPSA) is 32.7 Å². The smallest absolute Gasteiger partial charge is 0.240 e. The Hall–Kier alpha value is -1.94. The average Bonchev–Trinajstić information content (AvgIpc) is 2.94. The SMILES string of the molecule is CC(=O)N1N=C(c2ccc(Br)cc2)CC1c1ccccc1. The summed E-state index contributed by atoms with van der Waals surface area (Å²) in [7, 11) is 0. The van der Waals surface area contributed by atoms with Crippen LogP contribution in [0.15, 0.2) is 64.2 Å². The molecular formula is C17H15BrN2O. The van der Waals surface area contributed by atoms with Crippen molar-refractivity contribution in [2.75, 3.05) is 0 Å². The van der Waals surface area contributed by atoms with E-state index in [0.717, 1.165) is 27.7 Å². The first kappa shape index (κ1) is 14.0. The summed E-state index contributed by atoms with van der Waals surface area (Å²) in [6, 6.07) is 18.1. The summed E-state index contributed by atoms with van der Waals surface area (Å²) >= 11 is 3.43. The zero-order valence-electron chi connectivity index (χ0n) is 11.7. The molecule has 1 aliphatic heterocycles. The first-order valence-electron chi connectivity index (χ1n) is 6.83. The maximum atomic E-state index is 11.9. The van der Waals surface area contributed by atoms with Crippen molar-refractivity contribution in [1.82, 2.24) is 5.01 Å². The molecule has 0 radical (unpaired) electrons. The average molecular weight is 343 g/mol. The van der Waals surface area contributed by atoms with E-state index in [1.54, 1.807) is 11.9 Å². The first-order valence-corrected chi connectivity index (χ1v) is 7.62. The lowest BCUT2D eigenvalue weighted by Gasteiger charge is -2.20. The molecule has 2 aromatic carbocycles. The van der Waals surface area contributed by atoms with Crippen LogP contribution in [0.1, 0.15) is 30.5 Å². The predicted octanol–water partition coefficient (Wildman–Crippen LogP) is 4.15. The van der Waals surface area contributed by atoms with E-state index in [0.29, 0.717) is 0 Å². The summed E-state index contributed by atoms with van der Waals surface area (Å²) in [5.74, 6) is -0.0315. The van der Waals surface area contributed by atoms with Crippen LogP contribution in [0.4, 0.5) is 0 Å². The van der Waals surface area contributed by atoms with Crippen molar-refractivity contribution in [1.29, 1.82) is 0 Å². The van der Waals surface area contributed by atoms with Crippen molar-refractivity contribution >= 4 is 27.5 Å². The predicted molar refractivity (Wildman–Crippen MR) is 87.0 cm³/mol. The normalized spacial score (nSPS) is 17.7. The van der Waals surface area contributed by atoms with E-state index in [4.69, 9.17) is 0 Å². The molecule has 4 heteroatoms. The number of halogens is 1. The number of nitrogens with zero attached hydrogens (tertiary/aromatic N) is 2. The van der Waals surface area contributed by atoms with Crippen LogP contribution in [0.5, 0.6) is 0 Å². The van der Waals surface area contributed by atoms with Crippen LogP contribution in [0.25, 0.3) is 0 Å². The molecule has 1 amide bonds. The number of hydrazone groups is 1. The third-order valence-electron chi connectivity index (χ3n) is 3.59. The molecule has 0 saturated heterocycles. The van der Waals surface area contributed by atoms with Crippen molar-refractivity contribution in [3.63, 3.8) is 0 Å². The Bertz CT molecular complexity index is 680. The van der Waals surface area contributed by atoms with Gasteiger partial charge in [-0.15, -0.1) is 0 Å². The number of hydrogen-bond acceptors (Lipinski definition) is 2. The molecule has 0 N–H and O–H groups in total. The molecule has 0 spiro atoms. The van der Waals surface area contributed by atoms with Gasteiger partial charge in [0, 0.05) is 17.8 Å². The second kappa shape index (κ2) is 5.82. The van der Waals surface area contributed by atoms with Crippen LogP contribution in [0.3, 0.4) is 0 Å². The molecule has 0 fully saturated rings. The summed E-state index contributed by atoms with van der Waals surface area (Å²) < 4.78 is 1.04. The zero-order valence-corrected chi connectivity index (χ0v) is 13.2. The number of hydrogen-bond donors (Lipinski definition) is 0. The lowest BCUT2D eigenvalue weighted by atomic mass is 9.98. The van der Waals surface area contributed by atoms with Gasteiger partial charge in [0.25, 0.3) is 0 Å². The third-order valence-corrected chi connectivity index (χ3v) is 4.12. The van der Waals surface area contributed by atoms with Gasteiger partial charge in [0.2, 0.25) is 5.91 Å². The Balaban J connectivity index is 1.93. The minimum atomic E-state index is -0.0315. The molecule has 1 atom stereocenters. The van der Waals surface area contributed by atoms with Gasteiger partial charge in [0.05, 0.1) is 11.8 Å². The van der Waals surface area contributed by atoms with E-state index in [2.05, 4.69) is 21.0 Å². The van der Waals surface area contributed by atoms with E-state index < -0.39 is 0 Å². The molecule has 1 aliphatic rings. The van der Waals surface area contributed by atoms with E-state index in [-0.39, 0.29) is 11.9 Å². The highest BCUT2D eigenvalue weighted by Gasteiger charge is 2.31. The van der Waals surface area contributed by atoms with E-state index in [1.807, 2.05) is 54.6 Å². The Kier molecular flexibility index (Phi) is 3.88. The second-order valence-corrected chi connectivity index (χ2v) is 5.96. The van der Waals surface area contributed by atoms with Crippen molar-refractivity contribution in [3.05, 3.63) is 70.2 Å². The van der Waals surface area contributed by atoms with Crippen molar-refractivity contribution < 1.29 is 4.79 Å². The largest absolute Gasteiger partial charge is 0.273 e. The minimum absolute atomic E-state index is 0.0117. The Morgan fingerprint density at radius 3 is 2.43 bits per heavy atom. The van der Waals surface area contributed by atoms with Crippen molar-refractivity contribution in [2.45, 2.75) is 19.4 Å². The fourth-order valence-electron chi connectivity index (χ4n) is 2.55. The van der Waals surface area contributed by atoms with Crippen LogP contribution >= 0.6 is 15.9 Å². The highest BCUT2D eigenvalue weighted by atomic mass is 79.9. The molecule has 0 bridgehead atoms. The van der Waals surface area contributed by atoms with Crippen LogP contribution in [0, 0.1) is 0 Å². The lowest BCUT2D eigenvalue weighted by molar-refractivity contribution is -0.130. The Morgan fingerprint density at radius 1 is 1.14 bits per heavy atom. The quantitative estimate of drug-likeness (QED) is 0.806. The molecule has 1 heterocycles. The fraction of sp³-hybridized carbons (Fsp3) is 0.176. The van der Waals surface area contributed by atoms with E-state index in [9.17, 15) is 4.79 Å². The van der Waals surface area contributed by atoms with Gasteiger partial charge in [-0.05, 0) is 23.3 Å². The Labute approximate surface area is 132 Å². The van der Waals surface area contributed by atoms with Gasteiger partial charge in [-0.3, -0.25) is 4.79 Å². The monoisotopic (exact) mass is 342 g/mol. The lowest BCUT2D eigenvalue weighted by Crippen LogP contribution is -2.24. The fourth-order valence-corrected chi connectivity index (χ4v) is 2.82. The summed E-state index contributed by atoms with van der Waals surface area (Å²) in [5, 5.41) is 6.12. The molecular weight excluding hydrogens is 328 g/mol. The second-order valence-electron chi connectivity index (χ2n) is 5.05. The summed E-state index contributed by atoms with van der Waals surface area (Å²) in [6.07, 6.45) is 0.741. The molecule has 1 unspecified atom stereocenters. The summed E-state index contributed by atoms with van der Waals surface area (Å²) in [5.41, 5.74) is 3.12. The van der Waals surface area contributed by atoms with Gasteiger partial charge in [-0.2, -0.15) is 5.10 Å². The standard InChI is InChI=1S/C17H15BrN2O/c1-12(21)20-17(14-5-3-2-4-6-14)11-16(19-20)13-7-9-15(18)10-8-13/h2-10,17H,11H2,1H3. The highest BCUT2D eigenvalue weighted by molar-refractivity contribution is 9.10. The molecule has 0 aromatic heterocycles. The van der Waals surface area contributed by atoms with Gasteiger partial charge in [-0.1, -0.05) is 58.4 Å². The zero-order chi connectivity index (χ0) is 14.8. The molecule has 0 aliphatic carbocycles. The van der Waals surface area contributed by atoms with Gasteiger partial charge < -0.3 is 0 Å². The van der Waals surface area contributed by atoms with Crippen LogP contribution in [-0.4, -0.2) is 16.6 Å². The van der Waals surface area contributed by atoms with Crippen LogP contribution < -0.4 is 0 Å². The van der Waals surface area contributed by atoms with Crippen LogP contribution in [0.2, 0.25) is 0 Å². The molecule has 3 nitrogen and oxygen atoms in total. The third kappa shape index (κ3) is 2.90. The van der Waals surface area contributed by atoms with Gasteiger partial charge in [0.1, 0.15) is 0 Å². The van der Waals surface area contributed by atoms with Gasteiger partial charge in [0.15, 0.2) is 0 Å². The molecule has 0 saturated carbocycles. The van der Waals surface area contributed by atoms with Gasteiger partial charge in [-0.25, -0.2) is 5.01 Å². The summed E-state index contributed by atoms with van der Waals surface area (Å²) in [6.45, 7) is 1.56. The maximum Gasteiger partial charge on any atom is 0.240 e. The Morgan fingerprint density at radius 2 is 1.81 bits per heavy atom. The van der Waals surface area contributed by atoms with E-state index >= 15 is 0 Å².